The topological polar surface area (TPSA) is 35.2 Å². The maximum absolute atomic E-state index is 13.6. The van der Waals surface area contributed by atoms with E-state index in [1.165, 1.54) is 6.07 Å². The Hall–Kier alpha value is -0.910. The molecule has 0 fully saturated rings. The lowest BCUT2D eigenvalue weighted by Crippen LogP contribution is -1.99. The molecule has 0 unspecified atom stereocenters. The predicted molar refractivity (Wildman–Crippen MR) is 70.6 cm³/mol. The fraction of sp³-hybridized carbons (Fsp3) is 0.167. The van der Waals surface area contributed by atoms with Crippen molar-refractivity contribution >= 4 is 27.3 Å². The summed E-state index contributed by atoms with van der Waals surface area (Å²) in [5, 5.41) is 1.96. The Kier molecular flexibility index (Phi) is 4.15. The number of halogens is 2. The van der Waals surface area contributed by atoms with Crippen molar-refractivity contribution < 1.29 is 9.13 Å². The molecule has 1 aromatic heterocycles. The monoisotopic (exact) mass is 315 g/mol. The number of hydrogen-bond acceptors (Lipinski definition) is 3. The molecule has 0 saturated heterocycles. The average Bonchev–Trinajstić information content (AvgIpc) is 2.73. The fourth-order valence-electron chi connectivity index (χ4n) is 1.37. The number of thiophene rings is 1. The third-order valence-corrected chi connectivity index (χ3v) is 3.89. The van der Waals surface area contributed by atoms with Crippen LogP contribution in [0.15, 0.2) is 34.1 Å². The molecule has 2 N–H and O–H groups in total. The number of benzene rings is 1. The van der Waals surface area contributed by atoms with Crippen LogP contribution in [0.1, 0.15) is 10.4 Å². The quantitative estimate of drug-likeness (QED) is 0.934. The lowest BCUT2D eigenvalue weighted by molar-refractivity contribution is 0.293. The molecule has 0 amide bonds. The molecule has 0 atom stereocenters. The zero-order chi connectivity index (χ0) is 12.3. The first-order valence-electron chi connectivity index (χ1n) is 5.03. The fourth-order valence-corrected chi connectivity index (χ4v) is 2.73. The van der Waals surface area contributed by atoms with Crippen LogP contribution in [0.3, 0.4) is 0 Å². The van der Waals surface area contributed by atoms with E-state index >= 15 is 0 Å². The van der Waals surface area contributed by atoms with Gasteiger partial charge in [-0.05, 0) is 39.7 Å². The summed E-state index contributed by atoms with van der Waals surface area (Å²) >= 11 is 4.93. The SMILES string of the molecule is NCc1ccc(OCc2cc(Br)cs2)c(F)c1. The summed E-state index contributed by atoms with van der Waals surface area (Å²) < 4.78 is 20.0. The van der Waals surface area contributed by atoms with Gasteiger partial charge in [0.2, 0.25) is 0 Å². The van der Waals surface area contributed by atoms with E-state index < -0.39 is 0 Å². The molecular weight excluding hydrogens is 305 g/mol. The second-order valence-corrected chi connectivity index (χ2v) is 5.40. The molecule has 1 heterocycles. The van der Waals surface area contributed by atoms with Gasteiger partial charge < -0.3 is 10.5 Å². The van der Waals surface area contributed by atoms with E-state index in [0.717, 1.165) is 14.9 Å². The summed E-state index contributed by atoms with van der Waals surface area (Å²) in [6.07, 6.45) is 0. The highest BCUT2D eigenvalue weighted by Gasteiger charge is 2.05. The van der Waals surface area contributed by atoms with Crippen LogP contribution >= 0.6 is 27.3 Å². The third kappa shape index (κ3) is 3.28. The number of hydrogen-bond donors (Lipinski definition) is 1. The van der Waals surface area contributed by atoms with E-state index in [2.05, 4.69) is 15.9 Å². The van der Waals surface area contributed by atoms with Crippen molar-refractivity contribution in [3.05, 3.63) is 50.4 Å². The minimum absolute atomic E-state index is 0.256. The molecule has 90 valence electrons. The van der Waals surface area contributed by atoms with Crippen LogP contribution in [0, 0.1) is 5.82 Å². The maximum Gasteiger partial charge on any atom is 0.165 e. The van der Waals surface area contributed by atoms with Crippen LogP contribution in [-0.4, -0.2) is 0 Å². The normalized spacial score (nSPS) is 10.5. The van der Waals surface area contributed by atoms with Crippen LogP contribution in [0.2, 0.25) is 0 Å². The van der Waals surface area contributed by atoms with Gasteiger partial charge in [0.15, 0.2) is 11.6 Å². The van der Waals surface area contributed by atoms with E-state index in [9.17, 15) is 4.39 Å². The highest BCUT2D eigenvalue weighted by molar-refractivity contribution is 9.10. The lowest BCUT2D eigenvalue weighted by Gasteiger charge is -2.06. The van der Waals surface area contributed by atoms with Gasteiger partial charge in [0.1, 0.15) is 6.61 Å². The van der Waals surface area contributed by atoms with Crippen LogP contribution in [0.4, 0.5) is 4.39 Å². The van der Waals surface area contributed by atoms with Crippen LogP contribution in [-0.2, 0) is 13.2 Å². The molecule has 0 aliphatic heterocycles. The van der Waals surface area contributed by atoms with Gasteiger partial charge >= 0.3 is 0 Å². The first-order chi connectivity index (χ1) is 8.19. The smallest absolute Gasteiger partial charge is 0.165 e. The predicted octanol–water partition coefficient (Wildman–Crippen LogP) is 3.69. The van der Waals surface area contributed by atoms with Crippen molar-refractivity contribution in [3.8, 4) is 5.75 Å². The summed E-state index contributed by atoms with van der Waals surface area (Å²) in [7, 11) is 0. The molecule has 0 spiro atoms. The van der Waals surface area contributed by atoms with Crippen LogP contribution in [0.25, 0.3) is 0 Å². The van der Waals surface area contributed by atoms with Crippen molar-refractivity contribution in [2.45, 2.75) is 13.2 Å². The summed E-state index contributed by atoms with van der Waals surface area (Å²) in [4.78, 5) is 1.04. The summed E-state index contributed by atoms with van der Waals surface area (Å²) in [6, 6.07) is 6.74. The van der Waals surface area contributed by atoms with E-state index in [1.807, 2.05) is 11.4 Å². The molecule has 0 bridgehead atoms. The van der Waals surface area contributed by atoms with Gasteiger partial charge in [-0.25, -0.2) is 4.39 Å². The summed E-state index contributed by atoms with van der Waals surface area (Å²) in [5.41, 5.74) is 6.18. The molecular formula is C12H11BrFNOS. The summed E-state index contributed by atoms with van der Waals surface area (Å²) in [6.45, 7) is 0.699. The van der Waals surface area contributed by atoms with Gasteiger partial charge in [0, 0.05) is 21.3 Å². The van der Waals surface area contributed by atoms with Gasteiger partial charge in [-0.1, -0.05) is 6.07 Å². The Morgan fingerprint density at radius 1 is 1.35 bits per heavy atom. The van der Waals surface area contributed by atoms with Crippen molar-refractivity contribution in [3.63, 3.8) is 0 Å². The van der Waals surface area contributed by atoms with Gasteiger partial charge in [-0.15, -0.1) is 11.3 Å². The number of ether oxygens (including phenoxy) is 1. The zero-order valence-electron chi connectivity index (χ0n) is 8.95. The van der Waals surface area contributed by atoms with Gasteiger partial charge in [-0.3, -0.25) is 0 Å². The van der Waals surface area contributed by atoms with Gasteiger partial charge in [-0.2, -0.15) is 0 Å². The molecule has 17 heavy (non-hydrogen) atoms. The molecule has 2 aromatic rings. The largest absolute Gasteiger partial charge is 0.485 e. The Labute approximate surface area is 111 Å². The van der Waals surface area contributed by atoms with Crippen molar-refractivity contribution in [1.82, 2.24) is 0 Å². The Bertz CT molecular complexity index is 515. The van der Waals surface area contributed by atoms with E-state index in [-0.39, 0.29) is 11.6 Å². The highest BCUT2D eigenvalue weighted by Crippen LogP contribution is 2.23. The highest BCUT2D eigenvalue weighted by atomic mass is 79.9. The van der Waals surface area contributed by atoms with E-state index in [1.54, 1.807) is 23.5 Å². The maximum atomic E-state index is 13.6. The van der Waals surface area contributed by atoms with Gasteiger partial charge in [0.25, 0.3) is 0 Å². The lowest BCUT2D eigenvalue weighted by atomic mass is 10.2. The zero-order valence-corrected chi connectivity index (χ0v) is 11.4. The van der Waals surface area contributed by atoms with Crippen molar-refractivity contribution in [2.75, 3.05) is 0 Å². The number of nitrogens with two attached hydrogens (primary N) is 1. The number of rotatable bonds is 4. The molecule has 0 aliphatic carbocycles. The minimum Gasteiger partial charge on any atom is -0.485 e. The first kappa shape index (κ1) is 12.5. The standard InChI is InChI=1S/C12H11BrFNOS/c13-9-4-10(17-7-9)6-16-12-2-1-8(5-15)3-11(12)14/h1-4,7H,5-6,15H2. The molecule has 2 nitrogen and oxygen atoms in total. The van der Waals surface area contributed by atoms with Gasteiger partial charge in [0.05, 0.1) is 0 Å². The second-order valence-electron chi connectivity index (χ2n) is 3.49. The van der Waals surface area contributed by atoms with Crippen molar-refractivity contribution in [2.24, 2.45) is 5.73 Å². The average molecular weight is 316 g/mol. The van der Waals surface area contributed by atoms with Crippen LogP contribution < -0.4 is 10.5 Å². The Balaban J connectivity index is 2.04. The molecule has 0 radical (unpaired) electrons. The molecule has 2 rings (SSSR count). The summed E-state index contributed by atoms with van der Waals surface area (Å²) in [5.74, 6) is -0.115. The van der Waals surface area contributed by atoms with E-state index in [4.69, 9.17) is 10.5 Å². The van der Waals surface area contributed by atoms with Crippen molar-refractivity contribution in [1.29, 1.82) is 0 Å². The molecule has 5 heteroatoms. The molecule has 0 saturated carbocycles. The Morgan fingerprint density at radius 2 is 2.18 bits per heavy atom. The molecule has 0 aliphatic rings. The first-order valence-corrected chi connectivity index (χ1v) is 6.70. The minimum atomic E-state index is -0.372. The third-order valence-electron chi connectivity index (χ3n) is 2.22. The van der Waals surface area contributed by atoms with Crippen LogP contribution in [0.5, 0.6) is 5.75 Å². The Morgan fingerprint density at radius 3 is 2.76 bits per heavy atom. The second kappa shape index (κ2) is 5.62. The molecule has 1 aromatic carbocycles. The van der Waals surface area contributed by atoms with E-state index in [0.29, 0.717) is 13.2 Å².